The zero-order valence-electron chi connectivity index (χ0n) is 14.0. The summed E-state index contributed by atoms with van der Waals surface area (Å²) in [5, 5.41) is 5.68. The molecule has 0 aromatic heterocycles. The largest absolute Gasteiger partial charge is 0.369 e. The lowest BCUT2D eigenvalue weighted by Crippen LogP contribution is -2.50. The first-order valence-electron chi connectivity index (χ1n) is 8.61. The predicted octanol–water partition coefficient (Wildman–Crippen LogP) is 1.75. The second-order valence-electron chi connectivity index (χ2n) is 6.78. The molecular formula is C18H24FN3O2. The molecule has 1 heterocycles. The lowest BCUT2D eigenvalue weighted by atomic mass is 10.0. The first kappa shape index (κ1) is 16.7. The second kappa shape index (κ2) is 7.20. The molecule has 2 fully saturated rings. The van der Waals surface area contributed by atoms with Gasteiger partial charge >= 0.3 is 0 Å². The van der Waals surface area contributed by atoms with Crippen LogP contribution in [-0.4, -0.2) is 37.5 Å². The Kier molecular flexibility index (Phi) is 5.02. The molecule has 2 aliphatic rings. The molecule has 1 saturated heterocycles. The van der Waals surface area contributed by atoms with E-state index >= 15 is 0 Å². The van der Waals surface area contributed by atoms with Crippen molar-refractivity contribution >= 4 is 17.5 Å². The van der Waals surface area contributed by atoms with E-state index in [1.807, 2.05) is 6.92 Å². The van der Waals surface area contributed by atoms with Crippen molar-refractivity contribution in [2.45, 2.75) is 38.6 Å². The van der Waals surface area contributed by atoms with Crippen molar-refractivity contribution in [2.75, 3.05) is 24.5 Å². The molecule has 2 amide bonds. The molecule has 130 valence electrons. The molecule has 5 nitrogen and oxygen atoms in total. The highest BCUT2D eigenvalue weighted by Gasteiger charge is 2.30. The Labute approximate surface area is 141 Å². The van der Waals surface area contributed by atoms with Crippen LogP contribution in [0.3, 0.4) is 0 Å². The van der Waals surface area contributed by atoms with Crippen LogP contribution < -0.4 is 15.5 Å². The Bertz CT molecular complexity index is 631. The van der Waals surface area contributed by atoms with Gasteiger partial charge in [0, 0.05) is 30.7 Å². The molecule has 0 bridgehead atoms. The zero-order valence-corrected chi connectivity index (χ0v) is 14.0. The van der Waals surface area contributed by atoms with Gasteiger partial charge in [-0.05, 0) is 56.4 Å². The highest BCUT2D eigenvalue weighted by molar-refractivity contribution is 5.87. The molecule has 1 aromatic carbocycles. The van der Waals surface area contributed by atoms with Crippen LogP contribution in [0.4, 0.5) is 10.1 Å². The van der Waals surface area contributed by atoms with Crippen molar-refractivity contribution in [3.63, 3.8) is 0 Å². The highest BCUT2D eigenvalue weighted by Crippen LogP contribution is 2.28. The number of nitrogens with one attached hydrogen (secondary N) is 2. The molecule has 1 aromatic rings. The number of halogens is 1. The molecule has 6 heteroatoms. The van der Waals surface area contributed by atoms with Crippen molar-refractivity contribution in [1.82, 2.24) is 10.6 Å². The van der Waals surface area contributed by atoms with Gasteiger partial charge in [0.15, 0.2) is 0 Å². The number of nitrogens with zero attached hydrogens (tertiary/aromatic N) is 1. The first-order valence-corrected chi connectivity index (χ1v) is 8.61. The third-order valence-electron chi connectivity index (χ3n) is 4.66. The van der Waals surface area contributed by atoms with E-state index in [-0.39, 0.29) is 36.1 Å². The molecule has 2 N–H and O–H groups in total. The van der Waals surface area contributed by atoms with E-state index in [4.69, 9.17) is 0 Å². The summed E-state index contributed by atoms with van der Waals surface area (Å²) in [5.74, 6) is -0.280. The van der Waals surface area contributed by atoms with E-state index in [2.05, 4.69) is 15.5 Å². The molecule has 0 unspecified atom stereocenters. The minimum absolute atomic E-state index is 0.0163. The fraction of sp³-hybridized carbons (Fsp3) is 0.556. The fourth-order valence-corrected chi connectivity index (χ4v) is 3.22. The summed E-state index contributed by atoms with van der Waals surface area (Å²) >= 11 is 0. The molecule has 0 radical (unpaired) electrons. The van der Waals surface area contributed by atoms with E-state index in [0.29, 0.717) is 6.54 Å². The van der Waals surface area contributed by atoms with Crippen molar-refractivity contribution in [1.29, 1.82) is 0 Å². The smallest absolute Gasteiger partial charge is 0.239 e. The van der Waals surface area contributed by atoms with E-state index in [1.54, 1.807) is 6.07 Å². The number of anilines is 1. The van der Waals surface area contributed by atoms with Gasteiger partial charge in [0.2, 0.25) is 11.8 Å². The van der Waals surface area contributed by atoms with Crippen LogP contribution in [0.5, 0.6) is 0 Å². The lowest BCUT2D eigenvalue weighted by molar-refractivity contribution is -0.127. The number of hydrogen-bond acceptors (Lipinski definition) is 3. The number of aryl methyl sites for hydroxylation is 1. The van der Waals surface area contributed by atoms with Crippen molar-refractivity contribution in [3.8, 4) is 0 Å². The lowest BCUT2D eigenvalue weighted by Gasteiger charge is -2.35. The molecule has 1 aliphatic heterocycles. The van der Waals surface area contributed by atoms with Crippen LogP contribution in [0.1, 0.15) is 31.2 Å². The Morgan fingerprint density at radius 3 is 2.79 bits per heavy atom. The average Bonchev–Trinajstić information content (AvgIpc) is 3.38. The predicted molar refractivity (Wildman–Crippen MR) is 90.2 cm³/mol. The third kappa shape index (κ3) is 4.24. The topological polar surface area (TPSA) is 61.4 Å². The van der Waals surface area contributed by atoms with Crippen LogP contribution in [0, 0.1) is 18.7 Å². The maximum atomic E-state index is 13.3. The van der Waals surface area contributed by atoms with E-state index in [0.717, 1.165) is 43.5 Å². The summed E-state index contributed by atoms with van der Waals surface area (Å²) in [4.78, 5) is 25.8. The maximum Gasteiger partial charge on any atom is 0.239 e. The van der Waals surface area contributed by atoms with Gasteiger partial charge in [0.05, 0.1) is 6.54 Å². The van der Waals surface area contributed by atoms with Crippen LogP contribution in [0.25, 0.3) is 0 Å². The SMILES string of the molecule is Cc1cc(F)ccc1N1CCC[C@H](NC(=O)CNC(=O)C2CC2)C1. The van der Waals surface area contributed by atoms with Gasteiger partial charge in [-0.3, -0.25) is 9.59 Å². The van der Waals surface area contributed by atoms with Crippen molar-refractivity contribution in [3.05, 3.63) is 29.6 Å². The quantitative estimate of drug-likeness (QED) is 0.863. The summed E-state index contributed by atoms with van der Waals surface area (Å²) in [5.41, 5.74) is 1.91. The molecule has 3 rings (SSSR count). The number of benzene rings is 1. The minimum Gasteiger partial charge on any atom is -0.369 e. The number of piperidine rings is 1. The standard InChI is InChI=1S/C18H24FN3O2/c1-12-9-14(19)6-7-16(12)22-8-2-3-15(11-22)21-17(23)10-20-18(24)13-4-5-13/h6-7,9,13,15H,2-5,8,10-11H2,1H3,(H,20,24)(H,21,23)/t15-/m0/s1. The fourth-order valence-electron chi connectivity index (χ4n) is 3.22. The number of rotatable bonds is 5. The number of amides is 2. The molecule has 0 spiro atoms. The Morgan fingerprint density at radius 2 is 2.08 bits per heavy atom. The van der Waals surface area contributed by atoms with Crippen molar-refractivity contribution < 1.29 is 14.0 Å². The van der Waals surface area contributed by atoms with Crippen LogP contribution in [0.2, 0.25) is 0 Å². The maximum absolute atomic E-state index is 13.3. The Hall–Kier alpha value is -2.11. The van der Waals surface area contributed by atoms with Gasteiger partial charge in [-0.25, -0.2) is 4.39 Å². The summed E-state index contributed by atoms with van der Waals surface area (Å²) in [6, 6.07) is 4.85. The first-order chi connectivity index (χ1) is 11.5. The van der Waals surface area contributed by atoms with Crippen LogP contribution in [0.15, 0.2) is 18.2 Å². The number of carbonyl (C=O) groups is 2. The van der Waals surface area contributed by atoms with Crippen LogP contribution >= 0.6 is 0 Å². The van der Waals surface area contributed by atoms with Gasteiger partial charge in [-0.1, -0.05) is 0 Å². The molecule has 24 heavy (non-hydrogen) atoms. The van der Waals surface area contributed by atoms with Crippen molar-refractivity contribution in [2.24, 2.45) is 5.92 Å². The van der Waals surface area contributed by atoms with E-state index in [9.17, 15) is 14.0 Å². The molecular weight excluding hydrogens is 309 g/mol. The number of hydrogen-bond donors (Lipinski definition) is 2. The average molecular weight is 333 g/mol. The Balaban J connectivity index is 1.51. The second-order valence-corrected chi connectivity index (χ2v) is 6.78. The molecule has 1 saturated carbocycles. The van der Waals surface area contributed by atoms with Gasteiger partial charge in [0.25, 0.3) is 0 Å². The summed E-state index contributed by atoms with van der Waals surface area (Å²) in [6.07, 6.45) is 3.75. The minimum atomic E-state index is -0.232. The van der Waals surface area contributed by atoms with Gasteiger partial charge in [0.1, 0.15) is 5.82 Å². The highest BCUT2D eigenvalue weighted by atomic mass is 19.1. The summed E-state index contributed by atoms with van der Waals surface area (Å²) in [6.45, 7) is 3.54. The normalized spacial score (nSPS) is 20.6. The van der Waals surface area contributed by atoms with Crippen LogP contribution in [-0.2, 0) is 9.59 Å². The Morgan fingerprint density at radius 1 is 1.29 bits per heavy atom. The summed E-state index contributed by atoms with van der Waals surface area (Å²) < 4.78 is 13.3. The molecule has 1 aliphatic carbocycles. The van der Waals surface area contributed by atoms with Gasteiger partial charge in [-0.2, -0.15) is 0 Å². The molecule has 1 atom stereocenters. The van der Waals surface area contributed by atoms with E-state index < -0.39 is 0 Å². The zero-order chi connectivity index (χ0) is 17.1. The van der Waals surface area contributed by atoms with Gasteiger partial charge in [-0.15, -0.1) is 0 Å². The van der Waals surface area contributed by atoms with E-state index in [1.165, 1.54) is 12.1 Å². The summed E-state index contributed by atoms with van der Waals surface area (Å²) in [7, 11) is 0. The van der Waals surface area contributed by atoms with Gasteiger partial charge < -0.3 is 15.5 Å². The number of carbonyl (C=O) groups excluding carboxylic acids is 2. The third-order valence-corrected chi connectivity index (χ3v) is 4.66. The monoisotopic (exact) mass is 333 g/mol.